The van der Waals surface area contributed by atoms with Crippen LogP contribution in [0.25, 0.3) is 0 Å². The van der Waals surface area contributed by atoms with Crippen LogP contribution in [-0.2, 0) is 11.2 Å². The number of halogens is 1. The van der Waals surface area contributed by atoms with Crippen LogP contribution in [0.2, 0.25) is 0 Å². The number of aromatic nitrogens is 1. The summed E-state index contributed by atoms with van der Waals surface area (Å²) in [7, 11) is 0. The Morgan fingerprint density at radius 2 is 2.20 bits per heavy atom. The first kappa shape index (κ1) is 12.7. The first-order chi connectivity index (χ1) is 9.65. The van der Waals surface area contributed by atoms with E-state index < -0.39 is 11.9 Å². The van der Waals surface area contributed by atoms with E-state index in [1.807, 2.05) is 6.07 Å². The molecule has 3 rings (SSSR count). The minimum Gasteiger partial charge on any atom is -0.326 e. The zero-order valence-electron chi connectivity index (χ0n) is 10.8. The van der Waals surface area contributed by atoms with E-state index in [0.717, 1.165) is 11.1 Å². The van der Waals surface area contributed by atoms with Gasteiger partial charge in [0, 0.05) is 30.1 Å². The number of carbonyl (C=O) groups is 1. The minimum absolute atomic E-state index is 0.0822. The number of hydrogen-bond donors (Lipinski definition) is 2. The summed E-state index contributed by atoms with van der Waals surface area (Å²) in [6, 6.07) is 6.11. The molecular formula is C15H14FN3O. The molecule has 102 valence electrons. The molecule has 1 aromatic carbocycles. The van der Waals surface area contributed by atoms with Gasteiger partial charge in [-0.3, -0.25) is 9.78 Å². The standard InChI is InChI=1S/C15H14FN3O/c16-12-7-13-9(3-4-14(20)19-13)6-11(12)15(17)10-2-1-5-18-8-10/h1-2,5-8,15H,3-4,17H2,(H,19,20). The Morgan fingerprint density at radius 1 is 1.35 bits per heavy atom. The molecule has 0 fully saturated rings. The van der Waals surface area contributed by atoms with E-state index >= 15 is 0 Å². The third-order valence-corrected chi connectivity index (χ3v) is 3.50. The number of aryl methyl sites for hydroxylation is 1. The van der Waals surface area contributed by atoms with Gasteiger partial charge >= 0.3 is 0 Å². The van der Waals surface area contributed by atoms with Crippen LogP contribution < -0.4 is 11.1 Å². The van der Waals surface area contributed by atoms with E-state index in [4.69, 9.17) is 5.73 Å². The van der Waals surface area contributed by atoms with E-state index in [9.17, 15) is 9.18 Å². The third-order valence-electron chi connectivity index (χ3n) is 3.50. The minimum atomic E-state index is -0.563. The number of pyridine rings is 1. The number of carbonyl (C=O) groups excluding carboxylic acids is 1. The van der Waals surface area contributed by atoms with Crippen LogP contribution in [0.4, 0.5) is 10.1 Å². The average molecular weight is 271 g/mol. The van der Waals surface area contributed by atoms with Gasteiger partial charge in [0.15, 0.2) is 0 Å². The Morgan fingerprint density at radius 3 is 2.95 bits per heavy atom. The summed E-state index contributed by atoms with van der Waals surface area (Å²) in [6.07, 6.45) is 4.30. The third kappa shape index (κ3) is 2.28. The number of rotatable bonds is 2. The van der Waals surface area contributed by atoms with Crippen molar-refractivity contribution in [1.29, 1.82) is 0 Å². The molecule has 0 radical (unpaired) electrons. The quantitative estimate of drug-likeness (QED) is 0.879. The van der Waals surface area contributed by atoms with E-state index in [1.165, 1.54) is 6.07 Å². The highest BCUT2D eigenvalue weighted by atomic mass is 19.1. The van der Waals surface area contributed by atoms with Crippen LogP contribution in [0.3, 0.4) is 0 Å². The lowest BCUT2D eigenvalue weighted by Gasteiger charge is -2.20. The first-order valence-electron chi connectivity index (χ1n) is 6.43. The Kier molecular flexibility index (Phi) is 3.20. The summed E-state index contributed by atoms with van der Waals surface area (Å²) in [5, 5.41) is 2.67. The van der Waals surface area contributed by atoms with Crippen molar-refractivity contribution in [2.24, 2.45) is 5.73 Å². The molecule has 1 unspecified atom stereocenters. The molecule has 2 aromatic rings. The smallest absolute Gasteiger partial charge is 0.224 e. The summed E-state index contributed by atoms with van der Waals surface area (Å²) in [5.41, 5.74) is 8.75. The maximum absolute atomic E-state index is 14.2. The maximum Gasteiger partial charge on any atom is 0.224 e. The molecule has 1 aliphatic heterocycles. The number of nitrogens with two attached hydrogens (primary N) is 1. The molecule has 0 saturated carbocycles. The topological polar surface area (TPSA) is 68.0 Å². The van der Waals surface area contributed by atoms with Gasteiger partial charge in [-0.1, -0.05) is 6.07 Å². The molecule has 0 bridgehead atoms. The van der Waals surface area contributed by atoms with Gasteiger partial charge in [-0.2, -0.15) is 0 Å². The number of nitrogens with one attached hydrogen (secondary N) is 1. The SMILES string of the molecule is NC(c1cccnc1)c1cc2c(cc1F)NC(=O)CC2. The van der Waals surface area contributed by atoms with Crippen molar-refractivity contribution >= 4 is 11.6 Å². The Labute approximate surface area is 115 Å². The summed E-state index contributed by atoms with van der Waals surface area (Å²) in [4.78, 5) is 15.3. The summed E-state index contributed by atoms with van der Waals surface area (Å²) in [5.74, 6) is -0.497. The lowest BCUT2D eigenvalue weighted by Crippen LogP contribution is -2.21. The highest BCUT2D eigenvalue weighted by molar-refractivity contribution is 5.93. The molecule has 5 heteroatoms. The van der Waals surface area contributed by atoms with Gasteiger partial charge in [0.05, 0.1) is 6.04 Å². The second-order valence-corrected chi connectivity index (χ2v) is 4.84. The van der Waals surface area contributed by atoms with Crippen molar-refractivity contribution in [3.05, 3.63) is 59.2 Å². The number of benzene rings is 1. The number of fused-ring (bicyclic) bond motifs is 1. The molecule has 0 spiro atoms. The van der Waals surface area contributed by atoms with Crippen molar-refractivity contribution in [2.75, 3.05) is 5.32 Å². The molecule has 1 aromatic heterocycles. The van der Waals surface area contributed by atoms with Crippen molar-refractivity contribution in [3.63, 3.8) is 0 Å². The van der Waals surface area contributed by atoms with Crippen LogP contribution in [0.1, 0.15) is 29.2 Å². The fourth-order valence-electron chi connectivity index (χ4n) is 2.40. The second kappa shape index (κ2) is 5.02. The average Bonchev–Trinajstić information content (AvgIpc) is 2.46. The van der Waals surface area contributed by atoms with Crippen molar-refractivity contribution < 1.29 is 9.18 Å². The normalized spacial score (nSPS) is 15.4. The fourth-order valence-corrected chi connectivity index (χ4v) is 2.40. The van der Waals surface area contributed by atoms with Crippen LogP contribution >= 0.6 is 0 Å². The highest BCUT2D eigenvalue weighted by Gasteiger charge is 2.21. The summed E-state index contributed by atoms with van der Waals surface area (Å²) >= 11 is 0. The van der Waals surface area contributed by atoms with Crippen LogP contribution in [0, 0.1) is 5.82 Å². The molecule has 0 saturated heterocycles. The molecular weight excluding hydrogens is 257 g/mol. The zero-order valence-corrected chi connectivity index (χ0v) is 10.8. The summed E-state index contributed by atoms with van der Waals surface area (Å²) < 4.78 is 14.2. The van der Waals surface area contributed by atoms with Gasteiger partial charge in [0.25, 0.3) is 0 Å². The Bertz CT molecular complexity index is 658. The Balaban J connectivity index is 2.00. The highest BCUT2D eigenvalue weighted by Crippen LogP contribution is 2.30. The second-order valence-electron chi connectivity index (χ2n) is 4.84. The molecule has 20 heavy (non-hydrogen) atoms. The van der Waals surface area contributed by atoms with Gasteiger partial charge in [-0.15, -0.1) is 0 Å². The molecule has 1 aliphatic rings. The number of hydrogen-bond acceptors (Lipinski definition) is 3. The Hall–Kier alpha value is -2.27. The predicted octanol–water partition coefficient (Wildman–Crippen LogP) is 2.15. The van der Waals surface area contributed by atoms with Gasteiger partial charge in [-0.25, -0.2) is 4.39 Å². The lowest BCUT2D eigenvalue weighted by atomic mass is 9.94. The first-order valence-corrected chi connectivity index (χ1v) is 6.43. The van der Waals surface area contributed by atoms with Crippen LogP contribution in [-0.4, -0.2) is 10.9 Å². The van der Waals surface area contributed by atoms with Crippen molar-refractivity contribution in [1.82, 2.24) is 4.98 Å². The number of anilines is 1. The van der Waals surface area contributed by atoms with Crippen LogP contribution in [0.5, 0.6) is 0 Å². The van der Waals surface area contributed by atoms with Gasteiger partial charge < -0.3 is 11.1 Å². The molecule has 1 amide bonds. The number of nitrogens with zero attached hydrogens (tertiary/aromatic N) is 1. The molecule has 1 atom stereocenters. The summed E-state index contributed by atoms with van der Waals surface area (Å²) in [6.45, 7) is 0. The number of amides is 1. The monoisotopic (exact) mass is 271 g/mol. The molecule has 2 heterocycles. The van der Waals surface area contributed by atoms with E-state index in [0.29, 0.717) is 24.1 Å². The maximum atomic E-state index is 14.2. The zero-order chi connectivity index (χ0) is 14.1. The largest absolute Gasteiger partial charge is 0.326 e. The van der Waals surface area contributed by atoms with Gasteiger partial charge in [0.1, 0.15) is 5.82 Å². The van der Waals surface area contributed by atoms with Gasteiger partial charge in [-0.05, 0) is 35.7 Å². The lowest BCUT2D eigenvalue weighted by molar-refractivity contribution is -0.116. The van der Waals surface area contributed by atoms with Gasteiger partial charge in [0.2, 0.25) is 5.91 Å². The fraction of sp³-hybridized carbons (Fsp3) is 0.200. The molecule has 3 N–H and O–H groups in total. The van der Waals surface area contributed by atoms with Crippen molar-refractivity contribution in [2.45, 2.75) is 18.9 Å². The predicted molar refractivity (Wildman–Crippen MR) is 73.6 cm³/mol. The van der Waals surface area contributed by atoms with Crippen LogP contribution in [0.15, 0.2) is 36.7 Å². The van der Waals surface area contributed by atoms with E-state index in [1.54, 1.807) is 24.5 Å². The van der Waals surface area contributed by atoms with E-state index in [-0.39, 0.29) is 5.91 Å². The molecule has 4 nitrogen and oxygen atoms in total. The van der Waals surface area contributed by atoms with Crippen molar-refractivity contribution in [3.8, 4) is 0 Å². The van der Waals surface area contributed by atoms with E-state index in [2.05, 4.69) is 10.3 Å². The molecule has 0 aliphatic carbocycles.